The molecule has 2 aromatic carbocycles. The van der Waals surface area contributed by atoms with E-state index in [4.69, 9.17) is 9.47 Å². The van der Waals surface area contributed by atoms with Crippen LogP contribution in [0.25, 0.3) is 11.3 Å². The highest BCUT2D eigenvalue weighted by Crippen LogP contribution is 2.31. The Bertz CT molecular complexity index is 1060. The third kappa shape index (κ3) is 5.01. The molecule has 1 N–H and O–H groups in total. The molecule has 0 aliphatic rings. The van der Waals surface area contributed by atoms with Crippen molar-refractivity contribution in [1.29, 1.82) is 0 Å². The number of benzene rings is 2. The molecule has 0 saturated heterocycles. The summed E-state index contributed by atoms with van der Waals surface area (Å²) < 4.78 is 11.8. The summed E-state index contributed by atoms with van der Waals surface area (Å²) in [6.45, 7) is 2.22. The second-order valence-electron chi connectivity index (χ2n) is 6.54. The fraction of sp³-hybridized carbons (Fsp3) is 0.227. The minimum Gasteiger partial charge on any atom is -0.497 e. The lowest BCUT2D eigenvalue weighted by Gasteiger charge is -2.12. The summed E-state index contributed by atoms with van der Waals surface area (Å²) in [6.07, 6.45) is 0. The van der Waals surface area contributed by atoms with Gasteiger partial charge in [0.15, 0.2) is 0 Å². The molecule has 1 heterocycles. The van der Waals surface area contributed by atoms with Gasteiger partial charge in [-0.15, -0.1) is 0 Å². The zero-order valence-corrected chi connectivity index (χ0v) is 16.6. The molecule has 0 spiro atoms. The average Bonchev–Trinajstić information content (AvgIpc) is 2.74. The van der Waals surface area contributed by atoms with E-state index in [1.807, 2.05) is 31.2 Å². The molecule has 29 heavy (non-hydrogen) atoms. The minimum atomic E-state index is -0.360. The van der Waals surface area contributed by atoms with Crippen LogP contribution in [0.1, 0.15) is 11.1 Å². The molecular weight excluding hydrogens is 370 g/mol. The van der Waals surface area contributed by atoms with Crippen molar-refractivity contribution in [2.75, 3.05) is 14.2 Å². The summed E-state index contributed by atoms with van der Waals surface area (Å²) in [6, 6.07) is 16.2. The monoisotopic (exact) mass is 393 g/mol. The van der Waals surface area contributed by atoms with Gasteiger partial charge in [0.25, 0.3) is 5.56 Å². The molecule has 0 saturated carbocycles. The van der Waals surface area contributed by atoms with Crippen LogP contribution in [-0.4, -0.2) is 29.9 Å². The summed E-state index contributed by atoms with van der Waals surface area (Å²) in [5.41, 5.74) is 2.95. The largest absolute Gasteiger partial charge is 0.497 e. The summed E-state index contributed by atoms with van der Waals surface area (Å²) >= 11 is 0. The molecule has 3 rings (SSSR count). The summed E-state index contributed by atoms with van der Waals surface area (Å²) in [7, 11) is 3.12. The Balaban J connectivity index is 1.78. The number of hydrogen-bond acceptors (Lipinski definition) is 5. The molecule has 0 aliphatic carbocycles. The van der Waals surface area contributed by atoms with Crippen LogP contribution >= 0.6 is 0 Å². The Labute approximate surface area is 168 Å². The number of nitrogens with zero attached hydrogens (tertiary/aromatic N) is 2. The van der Waals surface area contributed by atoms with Crippen LogP contribution in [0.2, 0.25) is 0 Å². The highest BCUT2D eigenvalue weighted by atomic mass is 16.5. The van der Waals surface area contributed by atoms with Crippen LogP contribution < -0.4 is 20.3 Å². The van der Waals surface area contributed by atoms with E-state index in [1.165, 1.54) is 6.07 Å². The van der Waals surface area contributed by atoms with Gasteiger partial charge in [-0.2, -0.15) is 5.10 Å². The number of amides is 1. The standard InChI is InChI=1S/C22H23N3O4/c1-15-4-6-16(7-5-15)13-23-21(26)14-25-22(27)11-9-19(24-25)18-12-17(28-2)8-10-20(18)29-3/h4-12H,13-14H2,1-3H3,(H,23,26). The molecule has 0 radical (unpaired) electrons. The van der Waals surface area contributed by atoms with Crippen LogP contribution in [0.5, 0.6) is 11.5 Å². The van der Waals surface area contributed by atoms with Gasteiger partial charge in [-0.25, -0.2) is 4.68 Å². The lowest BCUT2D eigenvalue weighted by atomic mass is 10.1. The highest BCUT2D eigenvalue weighted by molar-refractivity contribution is 5.75. The molecule has 1 amide bonds. The van der Waals surface area contributed by atoms with Crippen molar-refractivity contribution in [1.82, 2.24) is 15.1 Å². The number of methoxy groups -OCH3 is 2. The van der Waals surface area contributed by atoms with Crippen molar-refractivity contribution in [3.63, 3.8) is 0 Å². The molecule has 0 aliphatic heterocycles. The molecule has 0 atom stereocenters. The number of carbonyl (C=O) groups is 1. The number of hydrogen-bond donors (Lipinski definition) is 1. The summed E-state index contributed by atoms with van der Waals surface area (Å²) in [4.78, 5) is 24.5. The topological polar surface area (TPSA) is 82.5 Å². The van der Waals surface area contributed by atoms with E-state index in [0.29, 0.717) is 29.3 Å². The molecule has 7 heteroatoms. The first kappa shape index (κ1) is 20.1. The zero-order chi connectivity index (χ0) is 20.8. The van der Waals surface area contributed by atoms with Crippen LogP contribution in [0.15, 0.2) is 59.4 Å². The van der Waals surface area contributed by atoms with Gasteiger partial charge in [0.2, 0.25) is 5.91 Å². The quantitative estimate of drug-likeness (QED) is 0.667. The smallest absolute Gasteiger partial charge is 0.267 e. The van der Waals surface area contributed by atoms with E-state index < -0.39 is 0 Å². The summed E-state index contributed by atoms with van der Waals surface area (Å²) in [5, 5.41) is 7.15. The molecule has 0 fully saturated rings. The maximum absolute atomic E-state index is 12.3. The Morgan fingerprint density at radius 1 is 1.03 bits per heavy atom. The normalized spacial score (nSPS) is 10.4. The highest BCUT2D eigenvalue weighted by Gasteiger charge is 2.12. The zero-order valence-electron chi connectivity index (χ0n) is 16.6. The van der Waals surface area contributed by atoms with E-state index >= 15 is 0 Å². The first-order valence-corrected chi connectivity index (χ1v) is 9.13. The van der Waals surface area contributed by atoms with Gasteiger partial charge in [0.05, 0.1) is 19.9 Å². The van der Waals surface area contributed by atoms with Gasteiger partial charge in [0, 0.05) is 18.2 Å². The number of aromatic nitrogens is 2. The Morgan fingerprint density at radius 2 is 1.79 bits per heavy atom. The van der Waals surface area contributed by atoms with Crippen molar-refractivity contribution in [2.24, 2.45) is 0 Å². The average molecular weight is 393 g/mol. The van der Waals surface area contributed by atoms with Crippen LogP contribution in [0.3, 0.4) is 0 Å². The minimum absolute atomic E-state index is 0.176. The van der Waals surface area contributed by atoms with Gasteiger partial charge in [0.1, 0.15) is 18.0 Å². The SMILES string of the molecule is COc1ccc(OC)c(-c2ccc(=O)n(CC(=O)NCc3ccc(C)cc3)n2)c1. The van der Waals surface area contributed by atoms with E-state index in [9.17, 15) is 9.59 Å². The molecule has 0 bridgehead atoms. The van der Waals surface area contributed by atoms with Crippen molar-refractivity contribution >= 4 is 5.91 Å². The first-order chi connectivity index (χ1) is 14.0. The molecule has 7 nitrogen and oxygen atoms in total. The van der Waals surface area contributed by atoms with E-state index in [-0.39, 0.29) is 18.0 Å². The third-order valence-corrected chi connectivity index (χ3v) is 4.45. The van der Waals surface area contributed by atoms with Gasteiger partial charge in [-0.05, 0) is 36.8 Å². The number of nitrogens with one attached hydrogen (secondary N) is 1. The summed E-state index contributed by atoms with van der Waals surface area (Å²) in [5.74, 6) is 0.929. The maximum Gasteiger partial charge on any atom is 0.267 e. The second-order valence-corrected chi connectivity index (χ2v) is 6.54. The van der Waals surface area contributed by atoms with Crippen molar-refractivity contribution in [2.45, 2.75) is 20.0 Å². The van der Waals surface area contributed by atoms with Gasteiger partial charge in [-0.3, -0.25) is 9.59 Å². The van der Waals surface area contributed by atoms with Gasteiger partial charge in [-0.1, -0.05) is 29.8 Å². The fourth-order valence-electron chi connectivity index (χ4n) is 2.82. The predicted molar refractivity (Wildman–Crippen MR) is 110 cm³/mol. The molecule has 150 valence electrons. The molecule has 1 aromatic heterocycles. The Hall–Kier alpha value is -3.61. The fourth-order valence-corrected chi connectivity index (χ4v) is 2.82. The van der Waals surface area contributed by atoms with Gasteiger partial charge < -0.3 is 14.8 Å². The predicted octanol–water partition coefficient (Wildman–Crippen LogP) is 2.55. The number of carbonyl (C=O) groups excluding carboxylic acids is 1. The van der Waals surface area contributed by atoms with Crippen molar-refractivity contribution in [3.05, 3.63) is 76.1 Å². The van der Waals surface area contributed by atoms with Crippen LogP contribution in [-0.2, 0) is 17.9 Å². The van der Waals surface area contributed by atoms with E-state index in [0.717, 1.165) is 15.8 Å². The lowest BCUT2D eigenvalue weighted by molar-refractivity contribution is -0.122. The second kappa shape index (κ2) is 9.05. The maximum atomic E-state index is 12.3. The third-order valence-electron chi connectivity index (χ3n) is 4.45. The van der Waals surface area contributed by atoms with E-state index in [2.05, 4.69) is 10.4 Å². The first-order valence-electron chi connectivity index (χ1n) is 9.13. The molecule has 3 aromatic rings. The number of ether oxygens (including phenoxy) is 2. The lowest BCUT2D eigenvalue weighted by Crippen LogP contribution is -2.33. The number of rotatable bonds is 7. The number of aryl methyl sites for hydroxylation is 1. The Morgan fingerprint density at radius 3 is 2.48 bits per heavy atom. The molecule has 0 unspecified atom stereocenters. The van der Waals surface area contributed by atoms with Crippen LogP contribution in [0, 0.1) is 6.92 Å². The van der Waals surface area contributed by atoms with Crippen LogP contribution in [0.4, 0.5) is 0 Å². The molecular formula is C22H23N3O4. The van der Waals surface area contributed by atoms with Gasteiger partial charge >= 0.3 is 0 Å². The Kier molecular flexibility index (Phi) is 6.29. The van der Waals surface area contributed by atoms with Crippen molar-refractivity contribution in [3.8, 4) is 22.8 Å². The van der Waals surface area contributed by atoms with Crippen molar-refractivity contribution < 1.29 is 14.3 Å². The van der Waals surface area contributed by atoms with E-state index in [1.54, 1.807) is 38.5 Å².